The van der Waals surface area contributed by atoms with Crippen LogP contribution in [0.1, 0.15) is 43.6 Å². The molecule has 27 heavy (non-hydrogen) atoms. The molecule has 0 radical (unpaired) electrons. The van der Waals surface area contributed by atoms with E-state index in [1.807, 2.05) is 6.92 Å². The van der Waals surface area contributed by atoms with Gasteiger partial charge in [-0.2, -0.15) is 0 Å². The highest BCUT2D eigenvalue weighted by atomic mass is 16.6. The van der Waals surface area contributed by atoms with E-state index in [0.717, 1.165) is 0 Å². The predicted molar refractivity (Wildman–Crippen MR) is 97.7 cm³/mol. The number of rotatable bonds is 9. The Hall–Kier alpha value is -2.61. The van der Waals surface area contributed by atoms with E-state index in [2.05, 4.69) is 5.32 Å². The van der Waals surface area contributed by atoms with Crippen molar-refractivity contribution in [2.45, 2.75) is 45.8 Å². The monoisotopic (exact) mass is 381 g/mol. The lowest BCUT2D eigenvalue weighted by Crippen LogP contribution is -2.44. The molecular weight excluding hydrogens is 354 g/mol. The smallest absolute Gasteiger partial charge is 0.408 e. The van der Waals surface area contributed by atoms with Crippen LogP contribution in [0.2, 0.25) is 0 Å². The first-order chi connectivity index (χ1) is 12.6. The Morgan fingerprint density at radius 1 is 1.11 bits per heavy atom. The van der Waals surface area contributed by atoms with Crippen molar-refractivity contribution < 1.29 is 33.7 Å². The summed E-state index contributed by atoms with van der Waals surface area (Å²) in [6.45, 7) is 7.96. The first-order valence-electron chi connectivity index (χ1n) is 8.68. The van der Waals surface area contributed by atoms with E-state index >= 15 is 0 Å². The SMILES string of the molecule is CCOCCOC(=O)c1ccc(C[C@@H](NC(=O)OC(C)(C)C)C(=O)O)cc1. The van der Waals surface area contributed by atoms with Gasteiger partial charge in [0.25, 0.3) is 0 Å². The van der Waals surface area contributed by atoms with Crippen LogP contribution in [0, 0.1) is 0 Å². The number of carboxylic acids is 1. The summed E-state index contributed by atoms with van der Waals surface area (Å²) in [6.07, 6.45) is -0.752. The van der Waals surface area contributed by atoms with Crippen LogP contribution in [0.3, 0.4) is 0 Å². The normalized spacial score (nSPS) is 12.1. The molecule has 8 nitrogen and oxygen atoms in total. The molecule has 150 valence electrons. The fourth-order valence-corrected chi connectivity index (χ4v) is 2.08. The maximum atomic E-state index is 11.9. The topological polar surface area (TPSA) is 111 Å². The molecule has 0 fully saturated rings. The van der Waals surface area contributed by atoms with Crippen molar-refractivity contribution in [3.8, 4) is 0 Å². The number of carbonyl (C=O) groups is 3. The molecule has 0 aliphatic heterocycles. The van der Waals surface area contributed by atoms with Crippen LogP contribution in [0.4, 0.5) is 4.79 Å². The Balaban J connectivity index is 2.63. The molecule has 0 aliphatic rings. The van der Waals surface area contributed by atoms with E-state index in [9.17, 15) is 19.5 Å². The molecule has 0 spiro atoms. The van der Waals surface area contributed by atoms with E-state index < -0.39 is 29.7 Å². The molecule has 1 aromatic rings. The van der Waals surface area contributed by atoms with E-state index in [-0.39, 0.29) is 13.0 Å². The second-order valence-corrected chi connectivity index (χ2v) is 6.77. The summed E-state index contributed by atoms with van der Waals surface area (Å²) < 4.78 is 15.2. The summed E-state index contributed by atoms with van der Waals surface area (Å²) in [5, 5.41) is 11.6. The zero-order valence-corrected chi connectivity index (χ0v) is 16.1. The molecule has 0 aromatic heterocycles. The van der Waals surface area contributed by atoms with Gasteiger partial charge in [0, 0.05) is 13.0 Å². The standard InChI is InChI=1S/C19H27NO7/c1-5-25-10-11-26-17(23)14-8-6-13(7-9-14)12-15(16(21)22)20-18(24)27-19(2,3)4/h6-9,15H,5,10-12H2,1-4H3,(H,20,24)(H,21,22)/t15-/m1/s1. The average molecular weight is 381 g/mol. The molecule has 0 aliphatic carbocycles. The largest absolute Gasteiger partial charge is 0.480 e. The third kappa shape index (κ3) is 9.05. The lowest BCUT2D eigenvalue weighted by atomic mass is 10.0. The predicted octanol–water partition coefficient (Wildman–Crippen LogP) is 2.40. The van der Waals surface area contributed by atoms with Gasteiger partial charge in [-0.1, -0.05) is 12.1 Å². The number of ether oxygens (including phenoxy) is 3. The minimum absolute atomic E-state index is 0.0498. The van der Waals surface area contributed by atoms with E-state index in [1.165, 1.54) is 0 Å². The van der Waals surface area contributed by atoms with Crippen molar-refractivity contribution in [1.82, 2.24) is 5.32 Å². The number of carbonyl (C=O) groups excluding carboxylic acids is 2. The Morgan fingerprint density at radius 2 is 1.74 bits per heavy atom. The van der Waals surface area contributed by atoms with Gasteiger partial charge >= 0.3 is 18.0 Å². The Labute approximate surface area is 158 Å². The van der Waals surface area contributed by atoms with Crippen LogP contribution in [0.5, 0.6) is 0 Å². The maximum absolute atomic E-state index is 11.9. The molecule has 0 unspecified atom stereocenters. The summed E-state index contributed by atoms with van der Waals surface area (Å²) in [6, 6.07) is 5.18. The molecule has 1 atom stereocenters. The van der Waals surface area contributed by atoms with Gasteiger partial charge in [-0.25, -0.2) is 14.4 Å². The summed E-state index contributed by atoms with van der Waals surface area (Å²) >= 11 is 0. The first-order valence-corrected chi connectivity index (χ1v) is 8.68. The second-order valence-electron chi connectivity index (χ2n) is 6.77. The molecular formula is C19H27NO7. The van der Waals surface area contributed by atoms with Gasteiger partial charge in [0.1, 0.15) is 18.2 Å². The Morgan fingerprint density at radius 3 is 2.26 bits per heavy atom. The van der Waals surface area contributed by atoms with Crippen LogP contribution in [0.25, 0.3) is 0 Å². The van der Waals surface area contributed by atoms with Gasteiger partial charge in [0.2, 0.25) is 0 Å². The summed E-state index contributed by atoms with van der Waals surface area (Å²) in [5.74, 6) is -1.66. The molecule has 0 heterocycles. The van der Waals surface area contributed by atoms with Crippen molar-refractivity contribution >= 4 is 18.0 Å². The average Bonchev–Trinajstić information content (AvgIpc) is 2.57. The van der Waals surface area contributed by atoms with Crippen molar-refractivity contribution in [1.29, 1.82) is 0 Å². The number of carboxylic acid groups (broad SMARTS) is 1. The first kappa shape index (κ1) is 22.4. The fourth-order valence-electron chi connectivity index (χ4n) is 2.08. The zero-order valence-electron chi connectivity index (χ0n) is 16.1. The van der Waals surface area contributed by atoms with Crippen molar-refractivity contribution in [3.63, 3.8) is 0 Å². The Kier molecular flexibility index (Phi) is 8.74. The van der Waals surface area contributed by atoms with Gasteiger partial charge in [0.15, 0.2) is 0 Å². The van der Waals surface area contributed by atoms with Crippen LogP contribution in [-0.2, 0) is 25.4 Å². The number of aliphatic carboxylic acids is 1. The summed E-state index contributed by atoms with van der Waals surface area (Å²) in [7, 11) is 0. The Bertz CT molecular complexity index is 634. The molecule has 1 aromatic carbocycles. The molecule has 0 saturated carbocycles. The van der Waals surface area contributed by atoms with Gasteiger partial charge < -0.3 is 24.6 Å². The molecule has 0 saturated heterocycles. The summed E-state index contributed by atoms with van der Waals surface area (Å²) in [4.78, 5) is 35.1. The molecule has 8 heteroatoms. The number of hydrogen-bond donors (Lipinski definition) is 2. The minimum Gasteiger partial charge on any atom is -0.480 e. The summed E-state index contributed by atoms with van der Waals surface area (Å²) in [5.41, 5.74) is 0.267. The third-order valence-corrected chi connectivity index (χ3v) is 3.28. The lowest BCUT2D eigenvalue weighted by molar-refractivity contribution is -0.139. The lowest BCUT2D eigenvalue weighted by Gasteiger charge is -2.22. The van der Waals surface area contributed by atoms with Crippen LogP contribution < -0.4 is 5.32 Å². The van der Waals surface area contributed by atoms with Gasteiger partial charge in [-0.3, -0.25) is 0 Å². The zero-order chi connectivity index (χ0) is 20.4. The molecule has 2 N–H and O–H groups in total. The molecule has 1 amide bonds. The quantitative estimate of drug-likeness (QED) is 0.499. The van der Waals surface area contributed by atoms with Gasteiger partial charge in [0.05, 0.1) is 12.2 Å². The number of nitrogens with one attached hydrogen (secondary N) is 1. The van der Waals surface area contributed by atoms with Crippen molar-refractivity contribution in [2.24, 2.45) is 0 Å². The fraction of sp³-hybridized carbons (Fsp3) is 0.526. The third-order valence-electron chi connectivity index (χ3n) is 3.28. The van der Waals surface area contributed by atoms with Crippen molar-refractivity contribution in [2.75, 3.05) is 19.8 Å². The van der Waals surface area contributed by atoms with E-state index in [0.29, 0.717) is 24.3 Å². The van der Waals surface area contributed by atoms with Gasteiger partial charge in [-0.05, 0) is 45.4 Å². The second kappa shape index (κ2) is 10.5. The number of benzene rings is 1. The number of hydrogen-bond acceptors (Lipinski definition) is 6. The highest BCUT2D eigenvalue weighted by molar-refractivity contribution is 5.89. The highest BCUT2D eigenvalue weighted by Gasteiger charge is 2.24. The van der Waals surface area contributed by atoms with Crippen molar-refractivity contribution in [3.05, 3.63) is 35.4 Å². The molecule has 1 rings (SSSR count). The van der Waals surface area contributed by atoms with E-state index in [4.69, 9.17) is 14.2 Å². The van der Waals surface area contributed by atoms with Crippen LogP contribution in [-0.4, -0.2) is 54.6 Å². The maximum Gasteiger partial charge on any atom is 0.408 e. The number of amides is 1. The van der Waals surface area contributed by atoms with Gasteiger partial charge in [-0.15, -0.1) is 0 Å². The molecule has 0 bridgehead atoms. The number of esters is 1. The number of alkyl carbamates (subject to hydrolysis) is 1. The van der Waals surface area contributed by atoms with Crippen LogP contribution >= 0.6 is 0 Å². The van der Waals surface area contributed by atoms with Crippen LogP contribution in [0.15, 0.2) is 24.3 Å². The minimum atomic E-state index is -1.18. The highest BCUT2D eigenvalue weighted by Crippen LogP contribution is 2.11. The van der Waals surface area contributed by atoms with E-state index in [1.54, 1.807) is 45.0 Å².